The van der Waals surface area contributed by atoms with Crippen LogP contribution in [0.4, 0.5) is 10.1 Å². The van der Waals surface area contributed by atoms with E-state index in [1.165, 1.54) is 19.1 Å². The van der Waals surface area contributed by atoms with Gasteiger partial charge < -0.3 is 16.4 Å². The van der Waals surface area contributed by atoms with Gasteiger partial charge in [-0.2, -0.15) is 0 Å². The third-order valence-corrected chi connectivity index (χ3v) is 2.42. The Morgan fingerprint density at radius 3 is 2.60 bits per heavy atom. The molecule has 0 fully saturated rings. The second-order valence-corrected chi connectivity index (χ2v) is 4.40. The summed E-state index contributed by atoms with van der Waals surface area (Å²) in [6.07, 6.45) is 0.610. The third kappa shape index (κ3) is 5.99. The lowest BCUT2D eigenvalue weighted by atomic mass is 10.1. The molecule has 5 nitrogen and oxygen atoms in total. The lowest BCUT2D eigenvalue weighted by molar-refractivity contribution is -0.114. The van der Waals surface area contributed by atoms with E-state index in [0.717, 1.165) is 6.07 Å². The maximum absolute atomic E-state index is 13.5. The molecule has 1 aromatic rings. The molecule has 0 saturated carbocycles. The van der Waals surface area contributed by atoms with Crippen LogP contribution < -0.4 is 16.4 Å². The van der Waals surface area contributed by atoms with E-state index in [9.17, 15) is 14.0 Å². The molecule has 0 aliphatic carbocycles. The van der Waals surface area contributed by atoms with E-state index in [-0.39, 0.29) is 29.9 Å². The zero-order valence-corrected chi connectivity index (χ0v) is 12.2. The Hall–Kier alpha value is -1.66. The molecule has 2 amide bonds. The number of hydrogen-bond donors (Lipinski definition) is 3. The maximum atomic E-state index is 13.5. The molecule has 112 valence electrons. The molecule has 0 spiro atoms. The quantitative estimate of drug-likeness (QED) is 0.773. The minimum atomic E-state index is -0.632. The Morgan fingerprint density at radius 1 is 1.40 bits per heavy atom. The van der Waals surface area contributed by atoms with Crippen LogP contribution in [0, 0.1) is 5.82 Å². The molecule has 20 heavy (non-hydrogen) atoms. The van der Waals surface area contributed by atoms with Crippen molar-refractivity contribution >= 4 is 29.9 Å². The van der Waals surface area contributed by atoms with Crippen LogP contribution in [0.25, 0.3) is 0 Å². The number of halogens is 2. The Labute approximate surface area is 123 Å². The molecule has 1 atom stereocenters. The molecular formula is C13H19ClFN3O2. The topological polar surface area (TPSA) is 84.2 Å². The number of carbonyl (C=O) groups excluding carboxylic acids is 2. The smallest absolute Gasteiger partial charge is 0.254 e. The molecule has 0 aliphatic heterocycles. The third-order valence-electron chi connectivity index (χ3n) is 2.42. The SMILES string of the molecule is CC(=O)Nc1ccc(F)c(C(=O)NCCC(C)N)c1.Cl. The number of rotatable bonds is 5. The predicted octanol–water partition coefficient (Wildman–Crippen LogP) is 1.67. The monoisotopic (exact) mass is 303 g/mol. The minimum absolute atomic E-state index is 0. The van der Waals surface area contributed by atoms with Crippen LogP contribution >= 0.6 is 12.4 Å². The van der Waals surface area contributed by atoms with Gasteiger partial charge in [0.2, 0.25) is 5.91 Å². The van der Waals surface area contributed by atoms with Crippen LogP contribution in [0.15, 0.2) is 18.2 Å². The molecule has 0 aliphatic rings. The summed E-state index contributed by atoms with van der Waals surface area (Å²) in [5.74, 6) is -1.44. The fourth-order valence-electron chi connectivity index (χ4n) is 1.49. The number of carbonyl (C=O) groups is 2. The standard InChI is InChI=1S/C13H18FN3O2.ClH/c1-8(15)5-6-16-13(19)11-7-10(17-9(2)18)3-4-12(11)14;/h3-4,7-8H,5-6,15H2,1-2H3,(H,16,19)(H,17,18);1H. The number of nitrogens with two attached hydrogens (primary N) is 1. The van der Waals surface area contributed by atoms with Crippen molar-refractivity contribution in [2.45, 2.75) is 26.3 Å². The van der Waals surface area contributed by atoms with Crippen molar-refractivity contribution in [3.63, 3.8) is 0 Å². The lowest BCUT2D eigenvalue weighted by Gasteiger charge is -2.09. The van der Waals surface area contributed by atoms with E-state index < -0.39 is 11.7 Å². The highest BCUT2D eigenvalue weighted by molar-refractivity contribution is 5.97. The summed E-state index contributed by atoms with van der Waals surface area (Å²) in [6.45, 7) is 3.54. The molecule has 0 heterocycles. The van der Waals surface area contributed by atoms with Crippen molar-refractivity contribution in [3.8, 4) is 0 Å². The Bertz CT molecular complexity index is 481. The van der Waals surface area contributed by atoms with Gasteiger partial charge >= 0.3 is 0 Å². The fourth-order valence-corrected chi connectivity index (χ4v) is 1.49. The Balaban J connectivity index is 0.00000361. The van der Waals surface area contributed by atoms with Gasteiger partial charge in [-0.25, -0.2) is 4.39 Å². The van der Waals surface area contributed by atoms with Gasteiger partial charge in [0.15, 0.2) is 0 Å². The van der Waals surface area contributed by atoms with Gasteiger partial charge in [0.25, 0.3) is 5.91 Å². The van der Waals surface area contributed by atoms with Crippen LogP contribution in [-0.2, 0) is 4.79 Å². The van der Waals surface area contributed by atoms with Crippen LogP contribution in [0.3, 0.4) is 0 Å². The van der Waals surface area contributed by atoms with Crippen LogP contribution in [0.5, 0.6) is 0 Å². The first-order chi connectivity index (χ1) is 8.90. The molecule has 0 radical (unpaired) electrons. The van der Waals surface area contributed by atoms with Crippen LogP contribution in [-0.4, -0.2) is 24.4 Å². The molecule has 1 aromatic carbocycles. The van der Waals surface area contributed by atoms with Gasteiger partial charge in [0.05, 0.1) is 5.56 Å². The summed E-state index contributed by atoms with van der Waals surface area (Å²) in [7, 11) is 0. The highest BCUT2D eigenvalue weighted by Gasteiger charge is 2.12. The van der Waals surface area contributed by atoms with E-state index in [0.29, 0.717) is 18.7 Å². The predicted molar refractivity (Wildman–Crippen MR) is 78.6 cm³/mol. The molecule has 1 unspecified atom stereocenters. The summed E-state index contributed by atoms with van der Waals surface area (Å²) in [6, 6.07) is 3.81. The average Bonchev–Trinajstić information content (AvgIpc) is 2.30. The highest BCUT2D eigenvalue weighted by atomic mass is 35.5. The number of nitrogens with one attached hydrogen (secondary N) is 2. The normalized spacial score (nSPS) is 11.2. The van der Waals surface area contributed by atoms with Crippen molar-refractivity contribution in [2.24, 2.45) is 5.73 Å². The van der Waals surface area contributed by atoms with Gasteiger partial charge in [0.1, 0.15) is 5.82 Å². The van der Waals surface area contributed by atoms with Crippen molar-refractivity contribution in [2.75, 3.05) is 11.9 Å². The van der Waals surface area contributed by atoms with Crippen LogP contribution in [0.1, 0.15) is 30.6 Å². The summed E-state index contributed by atoms with van der Waals surface area (Å²) in [5.41, 5.74) is 5.83. The summed E-state index contributed by atoms with van der Waals surface area (Å²) < 4.78 is 13.5. The summed E-state index contributed by atoms with van der Waals surface area (Å²) in [4.78, 5) is 22.7. The van der Waals surface area contributed by atoms with Crippen molar-refractivity contribution in [1.29, 1.82) is 0 Å². The Morgan fingerprint density at radius 2 is 2.05 bits per heavy atom. The van der Waals surface area contributed by atoms with Gasteiger partial charge in [-0.3, -0.25) is 9.59 Å². The largest absolute Gasteiger partial charge is 0.352 e. The first-order valence-corrected chi connectivity index (χ1v) is 6.01. The zero-order chi connectivity index (χ0) is 14.4. The first kappa shape index (κ1) is 18.3. The fraction of sp³-hybridized carbons (Fsp3) is 0.385. The molecule has 7 heteroatoms. The molecule has 1 rings (SSSR count). The number of amides is 2. The van der Waals surface area contributed by atoms with Crippen molar-refractivity contribution in [1.82, 2.24) is 5.32 Å². The van der Waals surface area contributed by atoms with E-state index in [1.807, 2.05) is 6.92 Å². The van der Waals surface area contributed by atoms with Crippen molar-refractivity contribution < 1.29 is 14.0 Å². The highest BCUT2D eigenvalue weighted by Crippen LogP contribution is 2.14. The first-order valence-electron chi connectivity index (χ1n) is 6.01. The van der Waals surface area contributed by atoms with Gasteiger partial charge in [0, 0.05) is 25.2 Å². The molecule has 0 aromatic heterocycles. The number of anilines is 1. The van der Waals surface area contributed by atoms with E-state index in [4.69, 9.17) is 5.73 Å². The van der Waals surface area contributed by atoms with Gasteiger partial charge in [-0.15, -0.1) is 12.4 Å². The minimum Gasteiger partial charge on any atom is -0.352 e. The zero-order valence-electron chi connectivity index (χ0n) is 11.4. The van der Waals surface area contributed by atoms with Gasteiger partial charge in [-0.05, 0) is 31.5 Å². The average molecular weight is 304 g/mol. The Kier molecular flexibility index (Phi) is 7.79. The lowest BCUT2D eigenvalue weighted by Crippen LogP contribution is -2.29. The van der Waals surface area contributed by atoms with Crippen molar-refractivity contribution in [3.05, 3.63) is 29.6 Å². The summed E-state index contributed by atoms with van der Waals surface area (Å²) >= 11 is 0. The van der Waals surface area contributed by atoms with E-state index in [1.54, 1.807) is 0 Å². The van der Waals surface area contributed by atoms with E-state index in [2.05, 4.69) is 10.6 Å². The molecule has 0 bridgehead atoms. The molecule has 0 saturated heterocycles. The molecule has 4 N–H and O–H groups in total. The number of benzene rings is 1. The van der Waals surface area contributed by atoms with E-state index >= 15 is 0 Å². The van der Waals surface area contributed by atoms with Crippen LogP contribution in [0.2, 0.25) is 0 Å². The second-order valence-electron chi connectivity index (χ2n) is 4.40. The number of hydrogen-bond acceptors (Lipinski definition) is 3. The summed E-state index contributed by atoms with van der Waals surface area (Å²) in [5, 5.41) is 5.08. The maximum Gasteiger partial charge on any atom is 0.254 e. The second kappa shape index (κ2) is 8.50. The van der Waals surface area contributed by atoms with Gasteiger partial charge in [-0.1, -0.05) is 0 Å². The molecular weight excluding hydrogens is 285 g/mol.